The lowest BCUT2D eigenvalue weighted by Crippen LogP contribution is -2.34. The van der Waals surface area contributed by atoms with Crippen molar-refractivity contribution in [2.75, 3.05) is 11.9 Å². The predicted octanol–water partition coefficient (Wildman–Crippen LogP) is 2.43. The third kappa shape index (κ3) is 3.86. The van der Waals surface area contributed by atoms with E-state index in [1.807, 2.05) is 60.5 Å². The van der Waals surface area contributed by atoms with E-state index in [2.05, 4.69) is 15.5 Å². The van der Waals surface area contributed by atoms with Crippen LogP contribution in [0.15, 0.2) is 59.8 Å². The van der Waals surface area contributed by atoms with Crippen LogP contribution in [-0.2, 0) is 0 Å². The maximum Gasteiger partial charge on any atom is 0.193 e. The highest BCUT2D eigenvalue weighted by atomic mass is 32.1. The molecule has 1 heterocycles. The second-order valence-electron chi connectivity index (χ2n) is 3.82. The van der Waals surface area contributed by atoms with Gasteiger partial charge in [-0.1, -0.05) is 24.3 Å². The van der Waals surface area contributed by atoms with Gasteiger partial charge in [0.25, 0.3) is 0 Å². The molecule has 4 nitrogen and oxygen atoms in total. The first-order valence-corrected chi connectivity index (χ1v) is 6.21. The van der Waals surface area contributed by atoms with Crippen LogP contribution in [0.5, 0.6) is 0 Å². The Hall–Kier alpha value is -2.27. The van der Waals surface area contributed by atoms with E-state index in [1.165, 1.54) is 0 Å². The van der Waals surface area contributed by atoms with Crippen LogP contribution in [0.1, 0.15) is 5.69 Å². The number of anilines is 1. The highest BCUT2D eigenvalue weighted by Crippen LogP contribution is 2.10. The highest BCUT2D eigenvalue weighted by Gasteiger charge is 2.04. The number of para-hydroxylation sites is 1. The van der Waals surface area contributed by atoms with Gasteiger partial charge >= 0.3 is 0 Å². The molecule has 19 heavy (non-hydrogen) atoms. The molecule has 5 heteroatoms. The van der Waals surface area contributed by atoms with Gasteiger partial charge in [-0.3, -0.25) is 10.4 Å². The van der Waals surface area contributed by atoms with Crippen LogP contribution in [0.4, 0.5) is 5.69 Å². The fraction of sp³-hybridized carbons (Fsp3) is 0.0714. The fourth-order valence-corrected chi connectivity index (χ4v) is 1.61. The Bertz CT molecular complexity index is 554. The molecule has 0 aliphatic rings. The Morgan fingerprint density at radius 2 is 1.95 bits per heavy atom. The van der Waals surface area contributed by atoms with Crippen LogP contribution in [-0.4, -0.2) is 23.4 Å². The van der Waals surface area contributed by atoms with Gasteiger partial charge in [-0.05, 0) is 36.5 Å². The molecule has 0 unspecified atom stereocenters. The normalized spacial score (nSPS) is 10.4. The van der Waals surface area contributed by atoms with Gasteiger partial charge in [-0.2, -0.15) is 5.10 Å². The Morgan fingerprint density at radius 1 is 1.21 bits per heavy atom. The van der Waals surface area contributed by atoms with Gasteiger partial charge < -0.3 is 4.90 Å². The second kappa shape index (κ2) is 6.61. The molecule has 1 N–H and O–H groups in total. The summed E-state index contributed by atoms with van der Waals surface area (Å²) in [5, 5.41) is 4.59. The number of pyridine rings is 1. The molecule has 1 aromatic carbocycles. The first-order valence-electron chi connectivity index (χ1n) is 5.80. The van der Waals surface area contributed by atoms with Gasteiger partial charge in [0.15, 0.2) is 5.11 Å². The summed E-state index contributed by atoms with van der Waals surface area (Å²) in [5.41, 5.74) is 4.60. The van der Waals surface area contributed by atoms with E-state index in [0.717, 1.165) is 11.4 Å². The summed E-state index contributed by atoms with van der Waals surface area (Å²) in [6.45, 7) is 0. The molecule has 2 rings (SSSR count). The summed E-state index contributed by atoms with van der Waals surface area (Å²) in [7, 11) is 1.89. The zero-order valence-electron chi connectivity index (χ0n) is 10.5. The average Bonchev–Trinajstić information content (AvgIpc) is 2.48. The maximum atomic E-state index is 5.25. The quantitative estimate of drug-likeness (QED) is 0.528. The average molecular weight is 270 g/mol. The molecule has 0 spiro atoms. The van der Waals surface area contributed by atoms with Crippen molar-refractivity contribution in [1.29, 1.82) is 0 Å². The van der Waals surface area contributed by atoms with Gasteiger partial charge in [-0.25, -0.2) is 0 Å². The summed E-state index contributed by atoms with van der Waals surface area (Å²) < 4.78 is 0. The summed E-state index contributed by atoms with van der Waals surface area (Å²) in [6.07, 6.45) is 3.35. The molecule has 0 amide bonds. The van der Waals surface area contributed by atoms with E-state index < -0.39 is 0 Å². The third-order valence-corrected chi connectivity index (χ3v) is 2.86. The van der Waals surface area contributed by atoms with E-state index in [0.29, 0.717) is 5.11 Å². The van der Waals surface area contributed by atoms with Crippen LogP contribution in [0.25, 0.3) is 0 Å². The minimum absolute atomic E-state index is 0.526. The molecular formula is C14H14N4S. The minimum atomic E-state index is 0.526. The highest BCUT2D eigenvalue weighted by molar-refractivity contribution is 7.80. The topological polar surface area (TPSA) is 40.5 Å². The lowest BCUT2D eigenvalue weighted by Gasteiger charge is -2.18. The van der Waals surface area contributed by atoms with E-state index >= 15 is 0 Å². The molecule has 0 saturated heterocycles. The molecule has 96 valence electrons. The lowest BCUT2D eigenvalue weighted by atomic mass is 10.3. The largest absolute Gasteiger partial charge is 0.321 e. The molecule has 0 aliphatic heterocycles. The van der Waals surface area contributed by atoms with E-state index in [9.17, 15) is 0 Å². The zero-order valence-corrected chi connectivity index (χ0v) is 11.3. The minimum Gasteiger partial charge on any atom is -0.321 e. The van der Waals surface area contributed by atoms with Crippen LogP contribution < -0.4 is 10.3 Å². The molecule has 2 aromatic rings. The number of rotatable bonds is 3. The Balaban J connectivity index is 1.93. The molecule has 0 bridgehead atoms. The number of hydrazone groups is 1. The molecule has 0 aliphatic carbocycles. The van der Waals surface area contributed by atoms with Crippen molar-refractivity contribution >= 4 is 29.2 Å². The first kappa shape index (κ1) is 13.2. The number of aromatic nitrogens is 1. The molecule has 1 aromatic heterocycles. The molecule has 0 saturated carbocycles. The van der Waals surface area contributed by atoms with Gasteiger partial charge in [-0.15, -0.1) is 0 Å². The first-order chi connectivity index (χ1) is 9.27. The van der Waals surface area contributed by atoms with E-state index in [-0.39, 0.29) is 0 Å². The van der Waals surface area contributed by atoms with Gasteiger partial charge in [0.05, 0.1) is 11.9 Å². The molecule has 0 radical (unpaired) electrons. The van der Waals surface area contributed by atoms with Crippen LogP contribution in [0, 0.1) is 0 Å². The molecular weight excluding hydrogens is 256 g/mol. The van der Waals surface area contributed by atoms with Crippen molar-refractivity contribution in [1.82, 2.24) is 10.4 Å². The van der Waals surface area contributed by atoms with Gasteiger partial charge in [0.2, 0.25) is 0 Å². The standard InChI is InChI=1S/C14H14N4S/c1-18(13-8-3-2-4-9-13)14(19)17-16-11-12-7-5-6-10-15-12/h2-11H,1H3,(H,17,19)/b16-11+. The van der Waals surface area contributed by atoms with Crippen molar-refractivity contribution in [2.45, 2.75) is 0 Å². The summed E-state index contributed by atoms with van der Waals surface area (Å²) >= 11 is 5.25. The monoisotopic (exact) mass is 270 g/mol. The maximum absolute atomic E-state index is 5.25. The van der Waals surface area contributed by atoms with Crippen molar-refractivity contribution in [2.24, 2.45) is 5.10 Å². The van der Waals surface area contributed by atoms with Crippen LogP contribution >= 0.6 is 12.2 Å². The number of nitrogens with one attached hydrogen (secondary N) is 1. The second-order valence-corrected chi connectivity index (χ2v) is 4.21. The third-order valence-electron chi connectivity index (χ3n) is 2.49. The van der Waals surface area contributed by atoms with Gasteiger partial charge in [0.1, 0.15) is 0 Å². The van der Waals surface area contributed by atoms with Crippen molar-refractivity contribution in [3.05, 3.63) is 60.4 Å². The summed E-state index contributed by atoms with van der Waals surface area (Å²) in [6, 6.07) is 15.5. The Morgan fingerprint density at radius 3 is 2.63 bits per heavy atom. The van der Waals surface area contributed by atoms with E-state index in [1.54, 1.807) is 12.4 Å². The lowest BCUT2D eigenvalue weighted by molar-refractivity contribution is 1.01. The van der Waals surface area contributed by atoms with Gasteiger partial charge in [0, 0.05) is 18.9 Å². The number of hydrogen-bond donors (Lipinski definition) is 1. The van der Waals surface area contributed by atoms with Crippen molar-refractivity contribution in [3.8, 4) is 0 Å². The summed E-state index contributed by atoms with van der Waals surface area (Å²) in [4.78, 5) is 5.98. The van der Waals surface area contributed by atoms with Crippen LogP contribution in [0.3, 0.4) is 0 Å². The number of thiocarbonyl (C=S) groups is 1. The predicted molar refractivity (Wildman–Crippen MR) is 82.4 cm³/mol. The van der Waals surface area contributed by atoms with E-state index in [4.69, 9.17) is 12.2 Å². The summed E-state index contributed by atoms with van der Waals surface area (Å²) in [5.74, 6) is 0. The smallest absolute Gasteiger partial charge is 0.193 e. The number of nitrogens with zero attached hydrogens (tertiary/aromatic N) is 3. The van der Waals surface area contributed by atoms with Crippen molar-refractivity contribution < 1.29 is 0 Å². The van der Waals surface area contributed by atoms with Crippen LogP contribution in [0.2, 0.25) is 0 Å². The SMILES string of the molecule is CN(C(=S)N/N=C/c1ccccn1)c1ccccc1. The zero-order chi connectivity index (χ0) is 13.5. The Labute approximate surface area is 117 Å². The van der Waals surface area contributed by atoms with Crippen molar-refractivity contribution in [3.63, 3.8) is 0 Å². The Kier molecular flexibility index (Phi) is 4.58. The molecule has 0 atom stereocenters. The fourth-order valence-electron chi connectivity index (χ4n) is 1.45. The molecule has 0 fully saturated rings. The number of hydrogen-bond acceptors (Lipinski definition) is 3. The number of benzene rings is 1.